The molecule has 2 amide bonds. The van der Waals surface area contributed by atoms with Crippen LogP contribution in [0, 0.1) is 0 Å². The van der Waals surface area contributed by atoms with E-state index in [-0.39, 0.29) is 11.6 Å². The summed E-state index contributed by atoms with van der Waals surface area (Å²) in [5.74, 6) is 0. The molecule has 1 rings (SSSR count). The average Bonchev–Trinajstić information content (AvgIpc) is 2.28. The number of rotatable bonds is 3. The Kier molecular flexibility index (Phi) is 2.34. The lowest BCUT2D eigenvalue weighted by Gasteiger charge is -2.21. The molecule has 1 fully saturated rings. The van der Waals surface area contributed by atoms with Gasteiger partial charge in [0.2, 0.25) is 0 Å². The Balaban J connectivity index is 2.35. The van der Waals surface area contributed by atoms with Crippen molar-refractivity contribution < 1.29 is 4.79 Å². The van der Waals surface area contributed by atoms with Crippen LogP contribution in [-0.2, 0) is 0 Å². The standard InChI is InChI=1S/C7H15N3O/c1-7(3-4-8-2)5-9-6(11)10-7/h8H,3-5H2,1-2H3,(H2,9,10,11). The van der Waals surface area contributed by atoms with Crippen molar-refractivity contribution in [2.75, 3.05) is 20.1 Å². The Morgan fingerprint density at radius 3 is 2.91 bits per heavy atom. The second-order valence-corrected chi connectivity index (χ2v) is 3.22. The average molecular weight is 157 g/mol. The molecule has 1 aliphatic heterocycles. The lowest BCUT2D eigenvalue weighted by Crippen LogP contribution is -2.42. The zero-order valence-electron chi connectivity index (χ0n) is 7.03. The minimum absolute atomic E-state index is 0.0522. The van der Waals surface area contributed by atoms with E-state index in [4.69, 9.17) is 0 Å². The maximum absolute atomic E-state index is 10.8. The molecule has 1 heterocycles. The molecule has 4 heteroatoms. The van der Waals surface area contributed by atoms with E-state index in [0.717, 1.165) is 19.5 Å². The predicted octanol–water partition coefficient (Wildman–Crippen LogP) is -0.333. The van der Waals surface area contributed by atoms with Crippen molar-refractivity contribution in [1.82, 2.24) is 16.0 Å². The van der Waals surface area contributed by atoms with E-state index in [1.807, 2.05) is 14.0 Å². The summed E-state index contributed by atoms with van der Waals surface area (Å²) in [6.07, 6.45) is 0.961. The molecule has 0 bridgehead atoms. The van der Waals surface area contributed by atoms with Crippen molar-refractivity contribution in [2.45, 2.75) is 18.9 Å². The Morgan fingerprint density at radius 1 is 1.73 bits per heavy atom. The molecule has 0 aromatic carbocycles. The number of carbonyl (C=O) groups excluding carboxylic acids is 1. The van der Waals surface area contributed by atoms with E-state index in [0.29, 0.717) is 0 Å². The lowest BCUT2D eigenvalue weighted by molar-refractivity contribution is 0.244. The van der Waals surface area contributed by atoms with Gasteiger partial charge in [0.25, 0.3) is 0 Å². The smallest absolute Gasteiger partial charge is 0.315 e. The first-order valence-electron chi connectivity index (χ1n) is 3.87. The van der Waals surface area contributed by atoms with Crippen LogP contribution in [0.3, 0.4) is 0 Å². The first-order valence-corrected chi connectivity index (χ1v) is 3.87. The van der Waals surface area contributed by atoms with E-state index in [9.17, 15) is 4.79 Å². The maximum Gasteiger partial charge on any atom is 0.315 e. The molecule has 0 saturated carbocycles. The van der Waals surface area contributed by atoms with E-state index in [1.54, 1.807) is 0 Å². The summed E-state index contributed by atoms with van der Waals surface area (Å²) >= 11 is 0. The summed E-state index contributed by atoms with van der Waals surface area (Å²) in [6, 6.07) is -0.0522. The van der Waals surface area contributed by atoms with Gasteiger partial charge in [0.1, 0.15) is 0 Å². The lowest BCUT2D eigenvalue weighted by atomic mass is 10.00. The largest absolute Gasteiger partial charge is 0.336 e. The molecule has 0 radical (unpaired) electrons. The minimum atomic E-state index is -0.0555. The molecule has 1 saturated heterocycles. The van der Waals surface area contributed by atoms with Crippen molar-refractivity contribution in [3.63, 3.8) is 0 Å². The Labute approximate surface area is 66.7 Å². The quantitative estimate of drug-likeness (QED) is 0.525. The molecule has 0 aromatic rings. The Hall–Kier alpha value is -0.770. The van der Waals surface area contributed by atoms with E-state index < -0.39 is 0 Å². The summed E-state index contributed by atoms with van der Waals surface area (Å²) in [6.45, 7) is 3.70. The number of amides is 2. The van der Waals surface area contributed by atoms with Crippen LogP contribution in [0.4, 0.5) is 4.79 Å². The number of hydrogen-bond donors (Lipinski definition) is 3. The van der Waals surface area contributed by atoms with Gasteiger partial charge in [-0.2, -0.15) is 0 Å². The molecular weight excluding hydrogens is 142 g/mol. The molecule has 0 aliphatic carbocycles. The second kappa shape index (κ2) is 3.09. The van der Waals surface area contributed by atoms with Gasteiger partial charge in [-0.25, -0.2) is 4.79 Å². The maximum atomic E-state index is 10.8. The molecular formula is C7H15N3O. The van der Waals surface area contributed by atoms with Gasteiger partial charge in [0, 0.05) is 6.54 Å². The Morgan fingerprint density at radius 2 is 2.45 bits per heavy atom. The van der Waals surface area contributed by atoms with Gasteiger partial charge in [0.15, 0.2) is 0 Å². The molecule has 1 aliphatic rings. The van der Waals surface area contributed by atoms with Crippen LogP contribution in [-0.4, -0.2) is 31.7 Å². The minimum Gasteiger partial charge on any atom is -0.336 e. The fourth-order valence-corrected chi connectivity index (χ4v) is 1.19. The third-order valence-corrected chi connectivity index (χ3v) is 1.98. The van der Waals surface area contributed by atoms with Crippen molar-refractivity contribution in [3.05, 3.63) is 0 Å². The first kappa shape index (κ1) is 8.33. The van der Waals surface area contributed by atoms with Gasteiger partial charge in [-0.1, -0.05) is 0 Å². The fourth-order valence-electron chi connectivity index (χ4n) is 1.19. The van der Waals surface area contributed by atoms with Crippen LogP contribution < -0.4 is 16.0 Å². The van der Waals surface area contributed by atoms with Crippen LogP contribution in [0.2, 0.25) is 0 Å². The molecule has 4 nitrogen and oxygen atoms in total. The van der Waals surface area contributed by atoms with Gasteiger partial charge in [-0.15, -0.1) is 0 Å². The highest BCUT2D eigenvalue weighted by Crippen LogP contribution is 2.11. The van der Waals surface area contributed by atoms with E-state index in [2.05, 4.69) is 16.0 Å². The zero-order valence-corrected chi connectivity index (χ0v) is 7.03. The van der Waals surface area contributed by atoms with Gasteiger partial charge in [-0.3, -0.25) is 0 Å². The number of urea groups is 1. The summed E-state index contributed by atoms with van der Waals surface area (Å²) in [4.78, 5) is 10.8. The monoisotopic (exact) mass is 157 g/mol. The van der Waals surface area contributed by atoms with Crippen LogP contribution in [0.15, 0.2) is 0 Å². The van der Waals surface area contributed by atoms with Crippen LogP contribution >= 0.6 is 0 Å². The molecule has 0 spiro atoms. The highest BCUT2D eigenvalue weighted by atomic mass is 16.2. The molecule has 3 N–H and O–H groups in total. The van der Waals surface area contributed by atoms with Crippen molar-refractivity contribution in [2.24, 2.45) is 0 Å². The second-order valence-electron chi connectivity index (χ2n) is 3.22. The summed E-state index contributed by atoms with van der Waals surface area (Å²) in [5, 5.41) is 8.67. The number of nitrogens with one attached hydrogen (secondary N) is 3. The van der Waals surface area contributed by atoms with Crippen LogP contribution in [0.5, 0.6) is 0 Å². The SMILES string of the molecule is CNCCC1(C)CNC(=O)N1. The zero-order chi connectivity index (χ0) is 8.32. The van der Waals surface area contributed by atoms with Gasteiger partial charge >= 0.3 is 6.03 Å². The fraction of sp³-hybridized carbons (Fsp3) is 0.857. The highest BCUT2D eigenvalue weighted by molar-refractivity contribution is 5.77. The van der Waals surface area contributed by atoms with Crippen molar-refractivity contribution in [3.8, 4) is 0 Å². The summed E-state index contributed by atoms with van der Waals surface area (Å²) < 4.78 is 0. The van der Waals surface area contributed by atoms with Crippen molar-refractivity contribution in [1.29, 1.82) is 0 Å². The number of hydrogen-bond acceptors (Lipinski definition) is 2. The topological polar surface area (TPSA) is 53.2 Å². The van der Waals surface area contributed by atoms with Gasteiger partial charge < -0.3 is 16.0 Å². The third-order valence-electron chi connectivity index (χ3n) is 1.98. The molecule has 0 aromatic heterocycles. The van der Waals surface area contributed by atoms with Crippen molar-refractivity contribution >= 4 is 6.03 Å². The van der Waals surface area contributed by atoms with Gasteiger partial charge in [0.05, 0.1) is 5.54 Å². The molecule has 11 heavy (non-hydrogen) atoms. The van der Waals surface area contributed by atoms with Crippen LogP contribution in [0.1, 0.15) is 13.3 Å². The molecule has 64 valence electrons. The third kappa shape index (κ3) is 2.08. The highest BCUT2D eigenvalue weighted by Gasteiger charge is 2.31. The van der Waals surface area contributed by atoms with E-state index in [1.165, 1.54) is 0 Å². The predicted molar refractivity (Wildman–Crippen MR) is 43.5 cm³/mol. The molecule has 1 atom stereocenters. The first-order chi connectivity index (χ1) is 5.16. The molecule has 1 unspecified atom stereocenters. The normalized spacial score (nSPS) is 29.8. The Bertz CT molecular complexity index is 160. The number of carbonyl (C=O) groups is 1. The van der Waals surface area contributed by atoms with Gasteiger partial charge in [-0.05, 0) is 26.9 Å². The summed E-state index contributed by atoms with van der Waals surface area (Å²) in [5.41, 5.74) is -0.0555. The van der Waals surface area contributed by atoms with E-state index >= 15 is 0 Å². The van der Waals surface area contributed by atoms with Crippen LogP contribution in [0.25, 0.3) is 0 Å². The summed E-state index contributed by atoms with van der Waals surface area (Å²) in [7, 11) is 1.91.